The predicted molar refractivity (Wildman–Crippen MR) is 93.1 cm³/mol. The maximum atomic E-state index is 5.99. The summed E-state index contributed by atoms with van der Waals surface area (Å²) in [5, 5.41) is 0. The van der Waals surface area contributed by atoms with Crippen LogP contribution in [0.1, 0.15) is 16.7 Å². The number of hydrogen-bond donors (Lipinski definition) is 1. The minimum atomic E-state index is -0.314. The molecule has 1 nitrogen and oxygen atoms in total. The van der Waals surface area contributed by atoms with E-state index in [9.17, 15) is 0 Å². The van der Waals surface area contributed by atoms with Crippen LogP contribution in [0.4, 0.5) is 0 Å². The van der Waals surface area contributed by atoms with Crippen LogP contribution >= 0.6 is 11.8 Å². The van der Waals surface area contributed by atoms with Crippen molar-refractivity contribution in [3.63, 3.8) is 0 Å². The Hall–Kier alpha value is -2.09. The highest BCUT2D eigenvalue weighted by molar-refractivity contribution is 6.13. The molecule has 0 aromatic heterocycles. The summed E-state index contributed by atoms with van der Waals surface area (Å²) >= 11 is 5.99. The molecule has 0 unspecified atom stereocenters. The Morgan fingerprint density at radius 2 is 0.909 bits per heavy atom. The molecule has 0 spiro atoms. The fourth-order valence-electron chi connectivity index (χ4n) is 3.07. The van der Waals surface area contributed by atoms with Crippen molar-refractivity contribution in [2.45, 2.75) is 5.41 Å². The number of nitrogens with one attached hydrogen (secondary N) is 1. The number of benzene rings is 3. The Morgan fingerprint density at radius 1 is 0.591 bits per heavy atom. The van der Waals surface area contributed by atoms with Crippen LogP contribution in [0.2, 0.25) is 0 Å². The summed E-state index contributed by atoms with van der Waals surface area (Å²) in [4.78, 5) is 2.88. The fourth-order valence-corrected chi connectivity index (χ4v) is 3.27. The predicted octanol–water partition coefficient (Wildman–Crippen LogP) is 4.76. The number of hydrogen-bond acceptors (Lipinski definition) is 1. The van der Waals surface area contributed by atoms with Gasteiger partial charge in [-0.3, -0.25) is 0 Å². The van der Waals surface area contributed by atoms with Crippen LogP contribution in [-0.2, 0) is 5.41 Å². The molecule has 22 heavy (non-hydrogen) atoms. The number of rotatable bonds is 5. The van der Waals surface area contributed by atoms with Crippen LogP contribution in [0.3, 0.4) is 0 Å². The van der Waals surface area contributed by atoms with E-state index >= 15 is 0 Å². The molecule has 0 aliphatic heterocycles. The normalized spacial score (nSPS) is 11.3. The first kappa shape index (κ1) is 14.8. The van der Waals surface area contributed by atoms with E-state index in [-0.39, 0.29) is 5.41 Å². The lowest BCUT2D eigenvalue weighted by Crippen LogP contribution is -2.37. The van der Waals surface area contributed by atoms with E-state index in [1.165, 1.54) is 16.7 Å². The molecule has 3 aromatic rings. The van der Waals surface area contributed by atoms with Gasteiger partial charge in [0.2, 0.25) is 0 Å². The van der Waals surface area contributed by atoms with Gasteiger partial charge in [-0.2, -0.15) is 0 Å². The van der Waals surface area contributed by atoms with Crippen molar-refractivity contribution in [1.82, 2.24) is 4.84 Å². The van der Waals surface area contributed by atoms with Gasteiger partial charge in [-0.15, -0.1) is 0 Å². The highest BCUT2D eigenvalue weighted by Crippen LogP contribution is 2.38. The highest BCUT2D eigenvalue weighted by Gasteiger charge is 2.35. The molecule has 0 aliphatic rings. The van der Waals surface area contributed by atoms with Crippen molar-refractivity contribution in [3.8, 4) is 0 Å². The van der Waals surface area contributed by atoms with Gasteiger partial charge < -0.3 is 0 Å². The Morgan fingerprint density at radius 3 is 1.18 bits per heavy atom. The second-order valence-electron chi connectivity index (χ2n) is 5.31. The summed E-state index contributed by atoms with van der Waals surface area (Å²) in [7, 11) is 0. The lowest BCUT2D eigenvalue weighted by molar-refractivity contribution is 0.605. The largest absolute Gasteiger partial charge is 0.232 e. The zero-order valence-corrected chi connectivity index (χ0v) is 13.0. The standard InChI is InChI=1S/C20H18ClN/c21-22-16-20(17-10-4-1-5-11-17,18-12-6-2-7-13-18)19-14-8-3-9-15-19/h1-15,22H,16H2. The first-order valence-corrected chi connectivity index (χ1v) is 7.76. The molecule has 1 N–H and O–H groups in total. The smallest absolute Gasteiger partial charge is 0.0588 e. The van der Waals surface area contributed by atoms with E-state index in [2.05, 4.69) is 77.6 Å². The summed E-state index contributed by atoms with van der Waals surface area (Å²) in [6, 6.07) is 31.5. The van der Waals surface area contributed by atoms with E-state index in [0.717, 1.165) is 0 Å². The summed E-state index contributed by atoms with van der Waals surface area (Å²) in [6.07, 6.45) is 0. The molecule has 0 aliphatic carbocycles. The number of halogens is 1. The minimum Gasteiger partial charge on any atom is -0.232 e. The molecule has 0 radical (unpaired) electrons. The molecule has 0 fully saturated rings. The van der Waals surface area contributed by atoms with Crippen molar-refractivity contribution in [2.24, 2.45) is 0 Å². The molecule has 0 atom stereocenters. The Kier molecular flexibility index (Phi) is 4.57. The third-order valence-corrected chi connectivity index (χ3v) is 4.27. The molecule has 0 heterocycles. The molecular formula is C20H18ClN. The van der Waals surface area contributed by atoms with Crippen LogP contribution < -0.4 is 4.84 Å². The third kappa shape index (κ3) is 2.66. The van der Waals surface area contributed by atoms with Crippen molar-refractivity contribution < 1.29 is 0 Å². The van der Waals surface area contributed by atoms with E-state index in [1.54, 1.807) is 0 Å². The van der Waals surface area contributed by atoms with Crippen LogP contribution in [0.25, 0.3) is 0 Å². The lowest BCUT2D eigenvalue weighted by atomic mass is 9.69. The van der Waals surface area contributed by atoms with Gasteiger partial charge in [0, 0.05) is 6.54 Å². The maximum Gasteiger partial charge on any atom is 0.0588 e. The fraction of sp³-hybridized carbons (Fsp3) is 0.100. The van der Waals surface area contributed by atoms with Gasteiger partial charge in [0.05, 0.1) is 5.41 Å². The summed E-state index contributed by atoms with van der Waals surface area (Å²) in [6.45, 7) is 0.618. The van der Waals surface area contributed by atoms with Crippen LogP contribution in [0, 0.1) is 0 Å². The van der Waals surface area contributed by atoms with Crippen molar-refractivity contribution in [2.75, 3.05) is 6.54 Å². The van der Waals surface area contributed by atoms with Crippen molar-refractivity contribution in [3.05, 3.63) is 108 Å². The molecular weight excluding hydrogens is 290 g/mol. The minimum absolute atomic E-state index is 0.314. The van der Waals surface area contributed by atoms with Crippen LogP contribution in [0.15, 0.2) is 91.0 Å². The molecule has 110 valence electrons. The zero-order valence-electron chi connectivity index (χ0n) is 12.2. The SMILES string of the molecule is ClNCC(c1ccccc1)(c1ccccc1)c1ccccc1. The molecule has 0 saturated heterocycles. The molecule has 0 saturated carbocycles. The lowest BCUT2D eigenvalue weighted by Gasteiger charge is -2.35. The first-order valence-electron chi connectivity index (χ1n) is 7.38. The Balaban J connectivity index is 2.29. The average molecular weight is 308 g/mol. The van der Waals surface area contributed by atoms with E-state index in [4.69, 9.17) is 11.8 Å². The van der Waals surface area contributed by atoms with Crippen molar-refractivity contribution in [1.29, 1.82) is 0 Å². The van der Waals surface area contributed by atoms with E-state index in [1.807, 2.05) is 18.2 Å². The molecule has 0 bridgehead atoms. The summed E-state index contributed by atoms with van der Waals surface area (Å²) in [5.41, 5.74) is 3.35. The highest BCUT2D eigenvalue weighted by atomic mass is 35.5. The molecule has 3 rings (SSSR count). The van der Waals surface area contributed by atoms with Gasteiger partial charge in [0.25, 0.3) is 0 Å². The second-order valence-corrected chi connectivity index (χ2v) is 5.58. The van der Waals surface area contributed by atoms with Gasteiger partial charge in [0.1, 0.15) is 0 Å². The topological polar surface area (TPSA) is 12.0 Å². The summed E-state index contributed by atoms with van der Waals surface area (Å²) < 4.78 is 0. The van der Waals surface area contributed by atoms with Crippen molar-refractivity contribution >= 4 is 11.8 Å². The molecule has 3 aromatic carbocycles. The zero-order chi connectivity index (χ0) is 15.3. The monoisotopic (exact) mass is 307 g/mol. The average Bonchev–Trinajstić information content (AvgIpc) is 2.62. The van der Waals surface area contributed by atoms with Gasteiger partial charge in [-0.25, -0.2) is 4.84 Å². The maximum absolute atomic E-state index is 5.99. The summed E-state index contributed by atoms with van der Waals surface area (Å²) in [5.74, 6) is 0. The second kappa shape index (κ2) is 6.78. The van der Waals surface area contributed by atoms with Gasteiger partial charge >= 0.3 is 0 Å². The molecule has 0 amide bonds. The molecule has 2 heteroatoms. The Bertz CT molecular complexity index is 599. The van der Waals surface area contributed by atoms with Gasteiger partial charge in [0.15, 0.2) is 0 Å². The van der Waals surface area contributed by atoms with Crippen LogP contribution in [0.5, 0.6) is 0 Å². The third-order valence-electron chi connectivity index (χ3n) is 4.13. The van der Waals surface area contributed by atoms with E-state index < -0.39 is 0 Å². The van der Waals surface area contributed by atoms with E-state index in [0.29, 0.717) is 6.54 Å². The Labute approximate surface area is 136 Å². The quantitative estimate of drug-likeness (QED) is 0.529. The van der Waals surface area contributed by atoms with Crippen LogP contribution in [-0.4, -0.2) is 6.54 Å². The van der Waals surface area contributed by atoms with Gasteiger partial charge in [-0.05, 0) is 28.5 Å². The van der Waals surface area contributed by atoms with Gasteiger partial charge in [-0.1, -0.05) is 91.0 Å². The first-order chi connectivity index (χ1) is 10.9.